The smallest absolute Gasteiger partial charge is 0.461 e. The Kier molecular flexibility index (Phi) is 1.94. The van der Waals surface area contributed by atoms with Crippen LogP contribution in [0.5, 0.6) is 0 Å². The summed E-state index contributed by atoms with van der Waals surface area (Å²) in [5.74, 6) is -1.07. The number of carbonyl (C=O) groups is 1. The van der Waals surface area contributed by atoms with Gasteiger partial charge in [-0.3, -0.25) is 0 Å². The average molecular weight is 156 g/mol. The zero-order chi connectivity index (χ0) is 8.43. The van der Waals surface area contributed by atoms with Gasteiger partial charge in [0.2, 0.25) is 6.20 Å². The first-order chi connectivity index (χ1) is 5.13. The van der Waals surface area contributed by atoms with Crippen molar-refractivity contribution in [1.29, 1.82) is 0 Å². The van der Waals surface area contributed by atoms with Crippen LogP contribution in [0, 0.1) is 0 Å². The maximum atomic E-state index is 10.5. The van der Waals surface area contributed by atoms with Crippen molar-refractivity contribution in [3.05, 3.63) is 18.4 Å². The Labute approximate surface area is 64.1 Å². The van der Waals surface area contributed by atoms with E-state index in [-0.39, 0.29) is 11.9 Å². The van der Waals surface area contributed by atoms with Gasteiger partial charge >= 0.3 is 11.9 Å². The molecule has 60 valence electrons. The van der Waals surface area contributed by atoms with Crippen molar-refractivity contribution in [2.45, 2.75) is 19.9 Å². The summed E-state index contributed by atoms with van der Waals surface area (Å²) < 4.78 is 6.31. The molecule has 1 aromatic heterocycles. The van der Waals surface area contributed by atoms with Crippen molar-refractivity contribution in [1.82, 2.24) is 0 Å². The summed E-state index contributed by atoms with van der Waals surface area (Å²) in [7, 11) is 0. The lowest BCUT2D eigenvalue weighted by atomic mass is 10.4. The van der Waals surface area contributed by atoms with Gasteiger partial charge in [-0.25, -0.2) is 4.79 Å². The Hall–Kier alpha value is -1.32. The molecule has 4 nitrogen and oxygen atoms in total. The van der Waals surface area contributed by atoms with Crippen LogP contribution in [-0.2, 0) is 0 Å². The quantitative estimate of drug-likeness (QED) is 0.645. The summed E-state index contributed by atoms with van der Waals surface area (Å²) >= 11 is 0. The fourth-order valence-corrected chi connectivity index (χ4v) is 0.856. The van der Waals surface area contributed by atoms with Crippen molar-refractivity contribution >= 4 is 5.97 Å². The van der Waals surface area contributed by atoms with E-state index in [9.17, 15) is 4.79 Å². The van der Waals surface area contributed by atoms with E-state index in [2.05, 4.69) is 0 Å². The number of nitrogens with zero attached hydrogens (tertiary/aromatic N) is 1. The van der Waals surface area contributed by atoms with Crippen molar-refractivity contribution in [2.75, 3.05) is 0 Å². The average Bonchev–Trinajstić information content (AvgIpc) is 2.32. The second-order valence-electron chi connectivity index (χ2n) is 2.51. The number of oxazole rings is 1. The molecule has 0 radical (unpaired) electrons. The summed E-state index contributed by atoms with van der Waals surface area (Å²) in [6.07, 6.45) is 2.97. The van der Waals surface area contributed by atoms with Crippen molar-refractivity contribution in [3.8, 4) is 0 Å². The molecule has 1 aromatic rings. The van der Waals surface area contributed by atoms with Gasteiger partial charge in [-0.2, -0.15) is 4.57 Å². The molecule has 0 aliphatic carbocycles. The van der Waals surface area contributed by atoms with Gasteiger partial charge < -0.3 is 9.52 Å². The predicted octanol–water partition coefficient (Wildman–Crippen LogP) is 0.846. The Morgan fingerprint density at radius 1 is 1.73 bits per heavy atom. The molecule has 1 heterocycles. The number of carboxylic acid groups (broad SMARTS) is 1. The van der Waals surface area contributed by atoms with Crippen molar-refractivity contribution < 1.29 is 18.9 Å². The van der Waals surface area contributed by atoms with E-state index in [0.717, 1.165) is 0 Å². The number of aromatic nitrogens is 1. The van der Waals surface area contributed by atoms with Gasteiger partial charge in [0.25, 0.3) is 0 Å². The van der Waals surface area contributed by atoms with Crippen LogP contribution in [0.4, 0.5) is 0 Å². The molecular formula is C7H10NO3+. The topological polar surface area (TPSA) is 54.3 Å². The van der Waals surface area contributed by atoms with Crippen LogP contribution in [0.3, 0.4) is 0 Å². The van der Waals surface area contributed by atoms with E-state index in [1.807, 2.05) is 13.8 Å². The third kappa shape index (κ3) is 1.39. The molecule has 0 saturated carbocycles. The van der Waals surface area contributed by atoms with Gasteiger partial charge in [0.05, 0.1) is 0 Å². The first-order valence-electron chi connectivity index (χ1n) is 3.35. The summed E-state index contributed by atoms with van der Waals surface area (Å²) in [6.45, 7) is 3.78. The number of carboxylic acids is 1. The van der Waals surface area contributed by atoms with Gasteiger partial charge in [-0.05, 0) is 13.8 Å². The molecule has 0 spiro atoms. The minimum atomic E-state index is -1.04. The third-order valence-electron chi connectivity index (χ3n) is 1.37. The molecule has 0 bridgehead atoms. The molecule has 0 fully saturated rings. The lowest BCUT2D eigenvalue weighted by Crippen LogP contribution is -2.39. The maximum absolute atomic E-state index is 10.5. The van der Waals surface area contributed by atoms with Gasteiger partial charge in [-0.1, -0.05) is 0 Å². The molecule has 0 unspecified atom stereocenters. The Morgan fingerprint density at radius 3 is 2.73 bits per heavy atom. The first-order valence-corrected chi connectivity index (χ1v) is 3.35. The first kappa shape index (κ1) is 7.78. The fourth-order valence-electron chi connectivity index (χ4n) is 0.856. The molecular weight excluding hydrogens is 146 g/mol. The minimum Gasteiger partial charge on any atom is -0.471 e. The zero-order valence-electron chi connectivity index (χ0n) is 6.44. The van der Waals surface area contributed by atoms with Crippen LogP contribution >= 0.6 is 0 Å². The largest absolute Gasteiger partial charge is 0.471 e. The van der Waals surface area contributed by atoms with Gasteiger partial charge in [0.15, 0.2) is 12.3 Å². The minimum absolute atomic E-state index is 0.0278. The fraction of sp³-hybridized carbons (Fsp3) is 0.429. The van der Waals surface area contributed by atoms with Gasteiger partial charge in [-0.15, -0.1) is 0 Å². The highest BCUT2D eigenvalue weighted by molar-refractivity contribution is 5.80. The van der Waals surface area contributed by atoms with E-state index in [0.29, 0.717) is 0 Å². The van der Waals surface area contributed by atoms with Crippen LogP contribution in [0.25, 0.3) is 0 Å². The molecule has 0 aliphatic rings. The van der Waals surface area contributed by atoms with E-state index < -0.39 is 5.97 Å². The number of rotatable bonds is 2. The summed E-state index contributed by atoms with van der Waals surface area (Å²) in [5.41, 5.74) is 0. The van der Waals surface area contributed by atoms with E-state index in [1.165, 1.54) is 6.26 Å². The Balaban J connectivity index is 3.06. The molecule has 0 atom stereocenters. The zero-order valence-corrected chi connectivity index (χ0v) is 6.44. The molecule has 0 aliphatic heterocycles. The number of hydrogen-bond acceptors (Lipinski definition) is 2. The van der Waals surface area contributed by atoms with Crippen molar-refractivity contribution in [2.24, 2.45) is 0 Å². The van der Waals surface area contributed by atoms with Crippen molar-refractivity contribution in [3.63, 3.8) is 0 Å². The maximum Gasteiger partial charge on any atom is 0.461 e. The molecule has 0 aromatic carbocycles. The van der Waals surface area contributed by atoms with Gasteiger partial charge in [0.1, 0.15) is 0 Å². The Bertz CT molecular complexity index is 264. The lowest BCUT2D eigenvalue weighted by molar-refractivity contribution is -0.721. The van der Waals surface area contributed by atoms with Crippen LogP contribution < -0.4 is 4.57 Å². The SMILES string of the molecule is CC(C)[n+]1ccoc1C(=O)O. The molecule has 1 N–H and O–H groups in total. The monoisotopic (exact) mass is 156 g/mol. The summed E-state index contributed by atoms with van der Waals surface area (Å²) in [5, 5.41) is 8.59. The molecule has 4 heteroatoms. The second kappa shape index (κ2) is 2.74. The molecule has 0 amide bonds. The Morgan fingerprint density at radius 2 is 2.36 bits per heavy atom. The third-order valence-corrected chi connectivity index (χ3v) is 1.37. The lowest BCUT2D eigenvalue weighted by Gasteiger charge is -1.94. The predicted molar refractivity (Wildman–Crippen MR) is 36.2 cm³/mol. The highest BCUT2D eigenvalue weighted by Gasteiger charge is 2.24. The van der Waals surface area contributed by atoms with Crippen LogP contribution in [0.2, 0.25) is 0 Å². The summed E-state index contributed by atoms with van der Waals surface area (Å²) in [6, 6.07) is 0.111. The van der Waals surface area contributed by atoms with E-state index in [4.69, 9.17) is 9.52 Å². The summed E-state index contributed by atoms with van der Waals surface area (Å²) in [4.78, 5) is 10.5. The second-order valence-corrected chi connectivity index (χ2v) is 2.51. The van der Waals surface area contributed by atoms with Gasteiger partial charge in [0, 0.05) is 0 Å². The van der Waals surface area contributed by atoms with E-state index in [1.54, 1.807) is 10.8 Å². The number of aromatic carboxylic acids is 1. The highest BCUT2D eigenvalue weighted by Crippen LogP contribution is 1.98. The van der Waals surface area contributed by atoms with Crippen LogP contribution in [0.15, 0.2) is 16.9 Å². The van der Waals surface area contributed by atoms with Crippen LogP contribution in [0.1, 0.15) is 30.6 Å². The number of hydrogen-bond donors (Lipinski definition) is 1. The normalized spacial score (nSPS) is 10.5. The standard InChI is InChI=1S/C7H9NO3/c1-5(2)8-3-4-11-6(8)7(9)10/h3-5H,1-2H3/p+1. The van der Waals surface area contributed by atoms with E-state index >= 15 is 0 Å². The molecule has 1 rings (SSSR count). The molecule has 11 heavy (non-hydrogen) atoms. The molecule has 0 saturated heterocycles. The highest BCUT2D eigenvalue weighted by atomic mass is 16.4. The van der Waals surface area contributed by atoms with Crippen LogP contribution in [-0.4, -0.2) is 11.1 Å².